The molecule has 78 valence electrons. The first-order chi connectivity index (χ1) is 6.47. The van der Waals surface area contributed by atoms with Crippen LogP contribution in [0.1, 0.15) is 26.7 Å². The topological polar surface area (TPSA) is 52.6 Å². The molecule has 1 fully saturated rings. The van der Waals surface area contributed by atoms with Crippen molar-refractivity contribution in [3.63, 3.8) is 0 Å². The van der Waals surface area contributed by atoms with Crippen molar-refractivity contribution < 1.29 is 19.1 Å². The van der Waals surface area contributed by atoms with Crippen LogP contribution in [0.4, 0.5) is 0 Å². The zero-order chi connectivity index (χ0) is 10.8. The minimum atomic E-state index is -0.643. The molecule has 0 N–H and O–H groups in total. The van der Waals surface area contributed by atoms with E-state index in [1.807, 2.05) is 0 Å². The molecule has 4 nitrogen and oxygen atoms in total. The van der Waals surface area contributed by atoms with Crippen LogP contribution in [0.3, 0.4) is 0 Å². The van der Waals surface area contributed by atoms with E-state index >= 15 is 0 Å². The van der Waals surface area contributed by atoms with E-state index in [1.54, 1.807) is 19.9 Å². The van der Waals surface area contributed by atoms with Crippen LogP contribution in [0.25, 0.3) is 0 Å². The van der Waals surface area contributed by atoms with Gasteiger partial charge in [-0.1, -0.05) is 0 Å². The molecule has 0 saturated carbocycles. The van der Waals surface area contributed by atoms with Crippen LogP contribution in [0.5, 0.6) is 0 Å². The molecule has 0 bridgehead atoms. The molecular weight excluding hydrogens is 184 g/mol. The molecule has 0 aliphatic carbocycles. The first kappa shape index (κ1) is 10.8. The van der Waals surface area contributed by atoms with Gasteiger partial charge in [-0.2, -0.15) is 0 Å². The Hall–Kier alpha value is -1.32. The molecule has 0 spiro atoms. The van der Waals surface area contributed by atoms with Crippen molar-refractivity contribution in [2.45, 2.75) is 32.3 Å². The van der Waals surface area contributed by atoms with Gasteiger partial charge in [-0.05, 0) is 19.9 Å². The maximum atomic E-state index is 11.1. The van der Waals surface area contributed by atoms with E-state index in [0.29, 0.717) is 18.4 Å². The Bertz CT molecular complexity index is 292. The van der Waals surface area contributed by atoms with Crippen molar-refractivity contribution in [1.29, 1.82) is 0 Å². The summed E-state index contributed by atoms with van der Waals surface area (Å²) in [6, 6.07) is 0. The molecule has 1 rings (SSSR count). The van der Waals surface area contributed by atoms with Crippen LogP contribution in [-0.2, 0) is 19.1 Å². The fraction of sp³-hybridized carbons (Fsp3) is 0.600. The number of ether oxygens (including phenoxy) is 2. The Kier molecular flexibility index (Phi) is 2.93. The van der Waals surface area contributed by atoms with Gasteiger partial charge in [-0.15, -0.1) is 0 Å². The van der Waals surface area contributed by atoms with Crippen molar-refractivity contribution in [1.82, 2.24) is 0 Å². The summed E-state index contributed by atoms with van der Waals surface area (Å²) in [5, 5.41) is 0. The third-order valence-corrected chi connectivity index (χ3v) is 2.20. The first-order valence-electron chi connectivity index (χ1n) is 4.46. The highest BCUT2D eigenvalue weighted by Crippen LogP contribution is 2.28. The van der Waals surface area contributed by atoms with Gasteiger partial charge in [0.05, 0.1) is 7.11 Å². The van der Waals surface area contributed by atoms with E-state index in [-0.39, 0.29) is 5.97 Å². The minimum absolute atomic E-state index is 0.221. The average Bonchev–Trinajstić information content (AvgIpc) is 2.44. The van der Waals surface area contributed by atoms with E-state index in [0.717, 1.165) is 0 Å². The SMILES string of the molecule is COC(=O)/C(C)=C/C1(C)CCC(=O)O1. The van der Waals surface area contributed by atoms with Gasteiger partial charge in [-0.25, -0.2) is 4.79 Å². The van der Waals surface area contributed by atoms with Gasteiger partial charge in [0.1, 0.15) is 5.60 Å². The van der Waals surface area contributed by atoms with Gasteiger partial charge in [0.2, 0.25) is 0 Å². The van der Waals surface area contributed by atoms with Crippen LogP contribution >= 0.6 is 0 Å². The van der Waals surface area contributed by atoms with E-state index in [2.05, 4.69) is 4.74 Å². The number of carbonyl (C=O) groups is 2. The van der Waals surface area contributed by atoms with Gasteiger partial charge < -0.3 is 9.47 Å². The summed E-state index contributed by atoms with van der Waals surface area (Å²) in [5.74, 6) is -0.615. The normalized spacial score (nSPS) is 27.4. The van der Waals surface area contributed by atoms with Gasteiger partial charge in [0, 0.05) is 18.4 Å². The number of esters is 2. The Morgan fingerprint density at radius 2 is 2.29 bits per heavy atom. The number of hydrogen-bond donors (Lipinski definition) is 0. The van der Waals surface area contributed by atoms with Crippen molar-refractivity contribution in [2.24, 2.45) is 0 Å². The Balaban J connectivity index is 2.75. The summed E-state index contributed by atoms with van der Waals surface area (Å²) >= 11 is 0. The van der Waals surface area contributed by atoms with E-state index < -0.39 is 11.6 Å². The molecule has 1 atom stereocenters. The summed E-state index contributed by atoms with van der Waals surface area (Å²) in [4.78, 5) is 22.0. The lowest BCUT2D eigenvalue weighted by molar-refractivity contribution is -0.144. The smallest absolute Gasteiger partial charge is 0.333 e. The van der Waals surface area contributed by atoms with Gasteiger partial charge in [0.25, 0.3) is 0 Å². The zero-order valence-corrected chi connectivity index (χ0v) is 8.62. The van der Waals surface area contributed by atoms with Crippen molar-refractivity contribution in [2.75, 3.05) is 7.11 Å². The van der Waals surface area contributed by atoms with E-state index in [9.17, 15) is 9.59 Å². The lowest BCUT2D eigenvalue weighted by Gasteiger charge is -2.18. The average molecular weight is 198 g/mol. The van der Waals surface area contributed by atoms with Crippen LogP contribution in [-0.4, -0.2) is 24.6 Å². The molecule has 0 amide bonds. The standard InChI is InChI=1S/C10H14O4/c1-7(9(12)13-3)6-10(2)5-4-8(11)14-10/h6H,4-5H2,1-3H3/b7-6+. The first-order valence-corrected chi connectivity index (χ1v) is 4.46. The number of rotatable bonds is 2. The Morgan fingerprint density at radius 1 is 1.64 bits per heavy atom. The Labute approximate surface area is 82.9 Å². The fourth-order valence-corrected chi connectivity index (χ4v) is 1.49. The Morgan fingerprint density at radius 3 is 2.71 bits per heavy atom. The van der Waals surface area contributed by atoms with Crippen LogP contribution in [0, 0.1) is 0 Å². The molecule has 1 heterocycles. The van der Waals surface area contributed by atoms with Gasteiger partial charge in [0.15, 0.2) is 0 Å². The number of hydrogen-bond acceptors (Lipinski definition) is 4. The highest BCUT2D eigenvalue weighted by Gasteiger charge is 2.34. The zero-order valence-electron chi connectivity index (χ0n) is 8.62. The summed E-state index contributed by atoms with van der Waals surface area (Å²) in [6.07, 6.45) is 2.66. The van der Waals surface area contributed by atoms with Crippen molar-refractivity contribution in [3.05, 3.63) is 11.6 Å². The fourth-order valence-electron chi connectivity index (χ4n) is 1.49. The largest absolute Gasteiger partial charge is 0.466 e. The molecule has 0 aromatic rings. The third kappa shape index (κ3) is 2.34. The molecule has 14 heavy (non-hydrogen) atoms. The van der Waals surface area contributed by atoms with Crippen molar-refractivity contribution >= 4 is 11.9 Å². The summed E-state index contributed by atoms with van der Waals surface area (Å²) in [7, 11) is 1.32. The second-order valence-corrected chi connectivity index (χ2v) is 3.61. The lowest BCUT2D eigenvalue weighted by atomic mass is 10.00. The summed E-state index contributed by atoms with van der Waals surface area (Å²) in [6.45, 7) is 3.42. The quantitative estimate of drug-likeness (QED) is 0.494. The number of carbonyl (C=O) groups excluding carboxylic acids is 2. The number of methoxy groups -OCH3 is 1. The highest BCUT2D eigenvalue weighted by molar-refractivity contribution is 5.88. The van der Waals surface area contributed by atoms with Crippen LogP contribution in [0.15, 0.2) is 11.6 Å². The molecule has 0 aromatic heterocycles. The highest BCUT2D eigenvalue weighted by atomic mass is 16.6. The summed E-state index contributed by atoms with van der Waals surface area (Å²) in [5.41, 5.74) is -0.181. The number of cyclic esters (lactones) is 1. The van der Waals surface area contributed by atoms with Crippen LogP contribution < -0.4 is 0 Å². The molecule has 1 unspecified atom stereocenters. The van der Waals surface area contributed by atoms with Gasteiger partial charge in [-0.3, -0.25) is 4.79 Å². The second-order valence-electron chi connectivity index (χ2n) is 3.61. The molecule has 4 heteroatoms. The predicted octanol–water partition coefficient (Wildman–Crippen LogP) is 1.20. The van der Waals surface area contributed by atoms with Gasteiger partial charge >= 0.3 is 11.9 Å². The van der Waals surface area contributed by atoms with E-state index in [4.69, 9.17) is 4.74 Å². The second kappa shape index (κ2) is 3.82. The third-order valence-electron chi connectivity index (χ3n) is 2.20. The minimum Gasteiger partial charge on any atom is -0.466 e. The van der Waals surface area contributed by atoms with Crippen LogP contribution in [0.2, 0.25) is 0 Å². The van der Waals surface area contributed by atoms with Crippen molar-refractivity contribution in [3.8, 4) is 0 Å². The molecular formula is C10H14O4. The monoisotopic (exact) mass is 198 g/mol. The lowest BCUT2D eigenvalue weighted by Crippen LogP contribution is -2.22. The molecule has 1 aliphatic heterocycles. The molecule has 0 aromatic carbocycles. The maximum absolute atomic E-state index is 11.1. The molecule has 0 radical (unpaired) electrons. The summed E-state index contributed by atoms with van der Waals surface area (Å²) < 4.78 is 9.64. The molecule has 1 aliphatic rings. The maximum Gasteiger partial charge on any atom is 0.333 e. The van der Waals surface area contributed by atoms with E-state index in [1.165, 1.54) is 7.11 Å². The molecule has 1 saturated heterocycles. The predicted molar refractivity (Wildman–Crippen MR) is 49.5 cm³/mol.